The maximum Gasteiger partial charge on any atom is 0.269 e. The minimum atomic E-state index is -0.473. The lowest BCUT2D eigenvalue weighted by Crippen LogP contribution is -2.30. The van der Waals surface area contributed by atoms with Gasteiger partial charge in [-0.05, 0) is 35.0 Å². The zero-order valence-electron chi connectivity index (χ0n) is 13.7. The van der Waals surface area contributed by atoms with Gasteiger partial charge >= 0.3 is 0 Å². The SMILES string of the molecule is CN(CC(=O)Nc1ccc([N+](=O)[O-])cc1)c1ccc2ccccc2c1. The standard InChI is InChI=1S/C19H17N3O3/c1-21(18-9-6-14-4-2-3-5-15(14)12-18)13-19(23)20-16-7-10-17(11-8-16)22(24)25/h2-12H,13H2,1H3,(H,20,23). The molecule has 3 aromatic rings. The zero-order valence-corrected chi connectivity index (χ0v) is 13.7. The molecule has 0 spiro atoms. The highest BCUT2D eigenvalue weighted by atomic mass is 16.6. The minimum absolute atomic E-state index is 0.00807. The highest BCUT2D eigenvalue weighted by molar-refractivity contribution is 5.94. The first-order valence-corrected chi connectivity index (χ1v) is 7.77. The molecule has 0 aliphatic carbocycles. The lowest BCUT2D eigenvalue weighted by atomic mass is 10.1. The molecule has 3 rings (SSSR count). The lowest BCUT2D eigenvalue weighted by Gasteiger charge is -2.19. The van der Waals surface area contributed by atoms with E-state index in [0.29, 0.717) is 5.69 Å². The maximum absolute atomic E-state index is 12.2. The number of fused-ring (bicyclic) bond motifs is 1. The molecular weight excluding hydrogens is 318 g/mol. The molecule has 126 valence electrons. The van der Waals surface area contributed by atoms with Crippen molar-refractivity contribution in [3.63, 3.8) is 0 Å². The van der Waals surface area contributed by atoms with Crippen LogP contribution in [-0.2, 0) is 4.79 Å². The second kappa shape index (κ2) is 7.00. The summed E-state index contributed by atoms with van der Waals surface area (Å²) >= 11 is 0. The van der Waals surface area contributed by atoms with Crippen LogP contribution in [0.3, 0.4) is 0 Å². The summed E-state index contributed by atoms with van der Waals surface area (Å²) in [6.07, 6.45) is 0. The molecule has 0 atom stereocenters. The number of non-ortho nitro benzene ring substituents is 1. The van der Waals surface area contributed by atoms with Gasteiger partial charge in [0, 0.05) is 30.6 Å². The molecule has 0 saturated carbocycles. The summed E-state index contributed by atoms with van der Waals surface area (Å²) < 4.78 is 0. The van der Waals surface area contributed by atoms with E-state index in [1.54, 1.807) is 0 Å². The first-order valence-electron chi connectivity index (χ1n) is 7.77. The average Bonchev–Trinajstić information content (AvgIpc) is 2.61. The van der Waals surface area contributed by atoms with E-state index < -0.39 is 4.92 Å². The Hall–Kier alpha value is -3.41. The predicted molar refractivity (Wildman–Crippen MR) is 98.9 cm³/mol. The third kappa shape index (κ3) is 3.92. The van der Waals surface area contributed by atoms with E-state index >= 15 is 0 Å². The molecule has 0 aromatic heterocycles. The van der Waals surface area contributed by atoms with E-state index in [-0.39, 0.29) is 18.1 Å². The minimum Gasteiger partial charge on any atom is -0.365 e. The summed E-state index contributed by atoms with van der Waals surface area (Å²) in [7, 11) is 1.85. The van der Waals surface area contributed by atoms with Crippen molar-refractivity contribution in [1.82, 2.24) is 0 Å². The summed E-state index contributed by atoms with van der Waals surface area (Å²) in [5.41, 5.74) is 1.46. The largest absolute Gasteiger partial charge is 0.365 e. The van der Waals surface area contributed by atoms with Crippen LogP contribution >= 0.6 is 0 Å². The molecular formula is C19H17N3O3. The van der Waals surface area contributed by atoms with Crippen molar-refractivity contribution in [3.8, 4) is 0 Å². The third-order valence-corrected chi connectivity index (χ3v) is 3.92. The fourth-order valence-electron chi connectivity index (χ4n) is 2.59. The fourth-order valence-corrected chi connectivity index (χ4v) is 2.59. The van der Waals surface area contributed by atoms with Gasteiger partial charge in [0.05, 0.1) is 11.5 Å². The Kier molecular flexibility index (Phi) is 4.61. The van der Waals surface area contributed by atoms with Gasteiger partial charge in [-0.1, -0.05) is 30.3 Å². The smallest absolute Gasteiger partial charge is 0.269 e. The molecule has 0 bridgehead atoms. The monoisotopic (exact) mass is 335 g/mol. The number of nitro groups is 1. The second-order valence-electron chi connectivity index (χ2n) is 5.74. The fraction of sp³-hybridized carbons (Fsp3) is 0.105. The van der Waals surface area contributed by atoms with Gasteiger partial charge in [0.15, 0.2) is 0 Å². The van der Waals surface area contributed by atoms with E-state index in [4.69, 9.17) is 0 Å². The molecule has 6 nitrogen and oxygen atoms in total. The van der Waals surface area contributed by atoms with Crippen LogP contribution in [0.2, 0.25) is 0 Å². The van der Waals surface area contributed by atoms with Gasteiger partial charge in [-0.15, -0.1) is 0 Å². The third-order valence-electron chi connectivity index (χ3n) is 3.92. The highest BCUT2D eigenvalue weighted by Gasteiger charge is 2.10. The molecule has 6 heteroatoms. The van der Waals surface area contributed by atoms with Crippen molar-refractivity contribution in [1.29, 1.82) is 0 Å². The topological polar surface area (TPSA) is 75.5 Å². The van der Waals surface area contributed by atoms with Crippen molar-refractivity contribution >= 4 is 33.7 Å². The number of benzene rings is 3. The Balaban J connectivity index is 1.65. The summed E-state index contributed by atoms with van der Waals surface area (Å²) in [4.78, 5) is 24.2. The number of hydrogen-bond donors (Lipinski definition) is 1. The number of nitrogens with zero attached hydrogens (tertiary/aromatic N) is 2. The Morgan fingerprint density at radius 2 is 1.72 bits per heavy atom. The number of nitro benzene ring substituents is 1. The first-order chi connectivity index (χ1) is 12.0. The Morgan fingerprint density at radius 1 is 1.04 bits per heavy atom. The van der Waals surface area contributed by atoms with Crippen LogP contribution in [-0.4, -0.2) is 24.4 Å². The average molecular weight is 335 g/mol. The molecule has 1 N–H and O–H groups in total. The number of rotatable bonds is 5. The molecule has 0 aliphatic rings. The maximum atomic E-state index is 12.2. The van der Waals surface area contributed by atoms with E-state index in [9.17, 15) is 14.9 Å². The molecule has 0 heterocycles. The summed E-state index contributed by atoms with van der Waals surface area (Å²) in [5.74, 6) is -0.190. The van der Waals surface area contributed by atoms with Gasteiger partial charge in [-0.3, -0.25) is 14.9 Å². The van der Waals surface area contributed by atoms with Crippen LogP contribution in [0.1, 0.15) is 0 Å². The summed E-state index contributed by atoms with van der Waals surface area (Å²) in [6, 6.07) is 19.8. The summed E-state index contributed by atoms with van der Waals surface area (Å²) in [6.45, 7) is 0.176. The second-order valence-corrected chi connectivity index (χ2v) is 5.74. The van der Waals surface area contributed by atoms with Gasteiger partial charge in [-0.25, -0.2) is 0 Å². The van der Waals surface area contributed by atoms with E-state index in [2.05, 4.69) is 5.32 Å². The van der Waals surface area contributed by atoms with Gasteiger partial charge in [0.25, 0.3) is 5.69 Å². The van der Waals surface area contributed by atoms with Crippen LogP contribution in [0.4, 0.5) is 17.1 Å². The molecule has 0 unspecified atom stereocenters. The van der Waals surface area contributed by atoms with Gasteiger partial charge in [-0.2, -0.15) is 0 Å². The van der Waals surface area contributed by atoms with Crippen LogP contribution in [0.15, 0.2) is 66.7 Å². The van der Waals surface area contributed by atoms with Crippen LogP contribution in [0.25, 0.3) is 10.8 Å². The Morgan fingerprint density at radius 3 is 2.40 bits per heavy atom. The van der Waals surface area contributed by atoms with Gasteiger partial charge < -0.3 is 10.2 Å². The number of hydrogen-bond acceptors (Lipinski definition) is 4. The number of anilines is 2. The predicted octanol–water partition coefficient (Wildman–Crippen LogP) is 3.82. The van der Waals surface area contributed by atoms with E-state index in [0.717, 1.165) is 16.5 Å². The number of nitrogens with one attached hydrogen (secondary N) is 1. The normalized spacial score (nSPS) is 10.4. The molecule has 25 heavy (non-hydrogen) atoms. The van der Waals surface area contributed by atoms with Gasteiger partial charge in [0.2, 0.25) is 5.91 Å². The van der Waals surface area contributed by atoms with E-state index in [1.165, 1.54) is 24.3 Å². The first kappa shape index (κ1) is 16.4. The number of amides is 1. The molecule has 0 saturated heterocycles. The van der Waals surface area contributed by atoms with Crippen molar-refractivity contribution in [2.75, 3.05) is 23.8 Å². The van der Waals surface area contributed by atoms with Crippen LogP contribution in [0, 0.1) is 10.1 Å². The molecule has 0 fully saturated rings. The number of likely N-dealkylation sites (N-methyl/N-ethyl adjacent to an activating group) is 1. The van der Waals surface area contributed by atoms with Crippen molar-refractivity contribution in [3.05, 3.63) is 76.8 Å². The van der Waals surface area contributed by atoms with Crippen LogP contribution in [0.5, 0.6) is 0 Å². The molecule has 3 aromatic carbocycles. The van der Waals surface area contributed by atoms with Crippen molar-refractivity contribution in [2.45, 2.75) is 0 Å². The zero-order chi connectivity index (χ0) is 17.8. The Bertz CT molecular complexity index is 923. The Labute approximate surface area is 144 Å². The summed E-state index contributed by atoms with van der Waals surface area (Å²) in [5, 5.41) is 15.6. The van der Waals surface area contributed by atoms with Crippen molar-refractivity contribution < 1.29 is 9.72 Å². The van der Waals surface area contributed by atoms with E-state index in [1.807, 2.05) is 54.4 Å². The van der Waals surface area contributed by atoms with Crippen molar-refractivity contribution in [2.24, 2.45) is 0 Å². The van der Waals surface area contributed by atoms with Crippen LogP contribution < -0.4 is 10.2 Å². The van der Waals surface area contributed by atoms with Gasteiger partial charge in [0.1, 0.15) is 0 Å². The molecule has 1 amide bonds. The number of carbonyl (C=O) groups is 1. The number of carbonyl (C=O) groups excluding carboxylic acids is 1. The quantitative estimate of drug-likeness (QED) is 0.568. The molecule has 0 radical (unpaired) electrons. The lowest BCUT2D eigenvalue weighted by molar-refractivity contribution is -0.384. The molecule has 0 aliphatic heterocycles. The highest BCUT2D eigenvalue weighted by Crippen LogP contribution is 2.21.